The zero-order chi connectivity index (χ0) is 23.5. The number of fused-ring (bicyclic) bond motifs is 2. The van der Waals surface area contributed by atoms with Gasteiger partial charge < -0.3 is 14.6 Å². The first-order valence-corrected chi connectivity index (χ1v) is 12.8. The van der Waals surface area contributed by atoms with E-state index < -0.39 is 0 Å². The Kier molecular flexibility index (Phi) is 4.79. The number of benzene rings is 1. The van der Waals surface area contributed by atoms with E-state index >= 15 is 0 Å². The number of imidazole rings is 1. The summed E-state index contributed by atoms with van der Waals surface area (Å²) < 4.78 is 6.17. The molecule has 1 aliphatic heterocycles. The minimum absolute atomic E-state index is 0.585. The van der Waals surface area contributed by atoms with Crippen molar-refractivity contribution in [3.05, 3.63) is 58.9 Å². The number of rotatable bonds is 5. The van der Waals surface area contributed by atoms with E-state index in [4.69, 9.17) is 9.72 Å². The highest BCUT2D eigenvalue weighted by molar-refractivity contribution is 5.78. The van der Waals surface area contributed by atoms with Crippen molar-refractivity contribution in [1.29, 1.82) is 0 Å². The minimum atomic E-state index is 0.585. The molecular weight excluding hydrogens is 436 g/mol. The highest BCUT2D eigenvalue weighted by Crippen LogP contribution is 2.40. The van der Waals surface area contributed by atoms with Crippen LogP contribution in [-0.2, 0) is 13.0 Å². The lowest BCUT2D eigenvalue weighted by Gasteiger charge is -2.25. The Hall–Kier alpha value is -3.48. The fourth-order valence-electron chi connectivity index (χ4n) is 5.21. The third kappa shape index (κ3) is 4.03. The van der Waals surface area contributed by atoms with Gasteiger partial charge in [0.1, 0.15) is 29.8 Å². The van der Waals surface area contributed by atoms with Gasteiger partial charge in [0.25, 0.3) is 0 Å². The lowest BCUT2D eigenvalue weighted by Crippen LogP contribution is -2.28. The van der Waals surface area contributed by atoms with Gasteiger partial charge in [0.05, 0.1) is 12.1 Å². The molecule has 0 spiro atoms. The molecule has 2 aliphatic carbocycles. The fraction of sp³-hybridized carbons (Fsp3) is 0.429. The summed E-state index contributed by atoms with van der Waals surface area (Å²) in [5.74, 6) is 5.31. The van der Waals surface area contributed by atoms with Crippen molar-refractivity contribution < 1.29 is 4.74 Å². The molecule has 7 rings (SSSR count). The molecular formula is C28H30N6O. The molecule has 7 nitrogen and oxygen atoms in total. The van der Waals surface area contributed by atoms with Crippen LogP contribution in [-0.4, -0.2) is 38.1 Å². The largest absolute Gasteiger partial charge is 0.491 e. The molecule has 4 heterocycles. The summed E-state index contributed by atoms with van der Waals surface area (Å²) in [4.78, 5) is 24.8. The normalized spacial score (nSPS) is 17.8. The zero-order valence-electron chi connectivity index (χ0n) is 20.3. The number of pyridine rings is 1. The monoisotopic (exact) mass is 466 g/mol. The second-order valence-electron chi connectivity index (χ2n) is 10.4. The van der Waals surface area contributed by atoms with Gasteiger partial charge in [-0.15, -0.1) is 0 Å². The van der Waals surface area contributed by atoms with Crippen molar-refractivity contribution in [2.45, 2.75) is 58.4 Å². The maximum Gasteiger partial charge on any atom is 0.177 e. The van der Waals surface area contributed by atoms with Crippen LogP contribution in [0.25, 0.3) is 22.3 Å². The van der Waals surface area contributed by atoms with Gasteiger partial charge in [-0.2, -0.15) is 0 Å². The van der Waals surface area contributed by atoms with Crippen molar-refractivity contribution in [2.75, 3.05) is 18.1 Å². The second-order valence-corrected chi connectivity index (χ2v) is 10.4. The number of H-pyrrole nitrogens is 1. The Morgan fingerprint density at radius 3 is 2.74 bits per heavy atom. The van der Waals surface area contributed by atoms with Crippen LogP contribution in [0.15, 0.2) is 30.5 Å². The Morgan fingerprint density at radius 1 is 1.03 bits per heavy atom. The molecule has 3 aliphatic rings. The fourth-order valence-corrected chi connectivity index (χ4v) is 5.21. The molecule has 0 bridgehead atoms. The van der Waals surface area contributed by atoms with Crippen LogP contribution in [0.1, 0.15) is 60.1 Å². The molecule has 7 heteroatoms. The maximum absolute atomic E-state index is 6.17. The van der Waals surface area contributed by atoms with Gasteiger partial charge in [0.15, 0.2) is 5.65 Å². The lowest BCUT2D eigenvalue weighted by atomic mass is 10.0. The molecule has 35 heavy (non-hydrogen) atoms. The maximum atomic E-state index is 6.17. The number of nitrogens with one attached hydrogen (secondary N) is 1. The van der Waals surface area contributed by atoms with Crippen LogP contribution in [0.4, 0.5) is 5.82 Å². The van der Waals surface area contributed by atoms with Crippen LogP contribution in [0.3, 0.4) is 0 Å². The van der Waals surface area contributed by atoms with Crippen LogP contribution >= 0.6 is 0 Å². The standard InChI is InChI=1S/C28H30N6O/c1-16-23(11-18-3-4-18)28(31-17(2)30-16)34-9-10-35-25-8-7-20(12-22(25)15-34)21-13-24-27(29-14-21)33-26(32-24)19-5-6-19/h7-8,12-14,18-19H,3-6,9-11,15H2,1-2H3,(H,29,32,33). The predicted molar refractivity (Wildman–Crippen MR) is 136 cm³/mol. The van der Waals surface area contributed by atoms with Crippen molar-refractivity contribution in [3.8, 4) is 16.9 Å². The highest BCUT2D eigenvalue weighted by atomic mass is 16.5. The number of aromatic nitrogens is 5. The average molecular weight is 467 g/mol. The number of anilines is 1. The van der Waals surface area contributed by atoms with Gasteiger partial charge in [-0.3, -0.25) is 0 Å². The van der Waals surface area contributed by atoms with E-state index in [1.165, 1.54) is 36.8 Å². The molecule has 178 valence electrons. The summed E-state index contributed by atoms with van der Waals surface area (Å²) in [7, 11) is 0. The van der Waals surface area contributed by atoms with E-state index in [-0.39, 0.29) is 0 Å². The van der Waals surface area contributed by atoms with Gasteiger partial charge in [-0.25, -0.2) is 19.9 Å². The lowest BCUT2D eigenvalue weighted by molar-refractivity contribution is 0.331. The van der Waals surface area contributed by atoms with Crippen LogP contribution < -0.4 is 9.64 Å². The predicted octanol–water partition coefficient (Wildman–Crippen LogP) is 5.26. The van der Waals surface area contributed by atoms with E-state index in [1.807, 2.05) is 13.1 Å². The average Bonchev–Trinajstić information content (AvgIpc) is 3.77. The van der Waals surface area contributed by atoms with Gasteiger partial charge >= 0.3 is 0 Å². The number of nitrogens with zero attached hydrogens (tertiary/aromatic N) is 5. The summed E-state index contributed by atoms with van der Waals surface area (Å²) >= 11 is 0. The summed E-state index contributed by atoms with van der Waals surface area (Å²) in [5.41, 5.74) is 7.63. The molecule has 0 unspecified atom stereocenters. The molecule has 3 aromatic heterocycles. The van der Waals surface area contributed by atoms with Crippen molar-refractivity contribution in [2.24, 2.45) is 5.92 Å². The molecule has 0 amide bonds. The SMILES string of the molecule is Cc1nc(C)c(CC2CC2)c(N2CCOc3ccc(-c4cnc5nc(C6CC6)[nH]c5c4)cc3C2)n1. The summed E-state index contributed by atoms with van der Waals surface area (Å²) in [6.45, 7) is 6.34. The van der Waals surface area contributed by atoms with Gasteiger partial charge in [0.2, 0.25) is 0 Å². The number of aryl methyl sites for hydroxylation is 2. The highest BCUT2D eigenvalue weighted by Gasteiger charge is 2.28. The number of hydrogen-bond acceptors (Lipinski definition) is 6. The topological polar surface area (TPSA) is 79.8 Å². The van der Waals surface area contributed by atoms with Gasteiger partial charge in [-0.1, -0.05) is 6.07 Å². The number of hydrogen-bond donors (Lipinski definition) is 1. The summed E-state index contributed by atoms with van der Waals surface area (Å²) in [6.07, 6.45) is 8.09. The molecule has 0 atom stereocenters. The Bertz CT molecular complexity index is 1440. The molecule has 2 fully saturated rings. The van der Waals surface area contributed by atoms with Crippen molar-refractivity contribution in [1.82, 2.24) is 24.9 Å². The molecule has 4 aromatic rings. The molecule has 1 aromatic carbocycles. The third-order valence-corrected chi connectivity index (χ3v) is 7.49. The van der Waals surface area contributed by atoms with Crippen LogP contribution in [0, 0.1) is 19.8 Å². The summed E-state index contributed by atoms with van der Waals surface area (Å²) in [6, 6.07) is 8.65. The minimum Gasteiger partial charge on any atom is -0.491 e. The zero-order valence-corrected chi connectivity index (χ0v) is 20.3. The Labute approximate surface area is 205 Å². The summed E-state index contributed by atoms with van der Waals surface area (Å²) in [5, 5.41) is 0. The first-order valence-electron chi connectivity index (χ1n) is 12.8. The van der Waals surface area contributed by atoms with Crippen molar-refractivity contribution in [3.63, 3.8) is 0 Å². The van der Waals surface area contributed by atoms with Crippen LogP contribution in [0.5, 0.6) is 5.75 Å². The Morgan fingerprint density at radius 2 is 1.91 bits per heavy atom. The smallest absolute Gasteiger partial charge is 0.177 e. The quantitative estimate of drug-likeness (QED) is 0.432. The molecule has 0 radical (unpaired) electrons. The van der Waals surface area contributed by atoms with E-state index in [0.29, 0.717) is 12.5 Å². The van der Waals surface area contributed by atoms with Gasteiger partial charge in [0, 0.05) is 41.0 Å². The Balaban J connectivity index is 1.23. The van der Waals surface area contributed by atoms with Crippen molar-refractivity contribution >= 4 is 17.0 Å². The number of ether oxygens (including phenoxy) is 1. The van der Waals surface area contributed by atoms with Crippen LogP contribution in [0.2, 0.25) is 0 Å². The third-order valence-electron chi connectivity index (χ3n) is 7.49. The van der Waals surface area contributed by atoms with E-state index in [0.717, 1.165) is 76.6 Å². The van der Waals surface area contributed by atoms with E-state index in [2.05, 4.69) is 56.0 Å². The molecule has 1 N–H and O–H groups in total. The van der Waals surface area contributed by atoms with E-state index in [1.54, 1.807) is 0 Å². The van der Waals surface area contributed by atoms with E-state index in [9.17, 15) is 0 Å². The van der Waals surface area contributed by atoms with Gasteiger partial charge in [-0.05, 0) is 75.6 Å². The second kappa shape index (κ2) is 8.04. The first kappa shape index (κ1) is 20.9. The number of aromatic amines is 1. The molecule has 0 saturated heterocycles. The first-order chi connectivity index (χ1) is 17.1. The molecule has 2 saturated carbocycles.